The summed E-state index contributed by atoms with van der Waals surface area (Å²) in [5.74, 6) is 1.28. The first-order valence-corrected chi connectivity index (χ1v) is 11.3. The molecule has 1 aliphatic heterocycles. The summed E-state index contributed by atoms with van der Waals surface area (Å²) in [7, 11) is 3.44. The Balaban J connectivity index is 1.62. The van der Waals surface area contributed by atoms with Crippen LogP contribution in [0.3, 0.4) is 0 Å². The van der Waals surface area contributed by atoms with E-state index < -0.39 is 0 Å². The van der Waals surface area contributed by atoms with Crippen molar-refractivity contribution in [2.45, 2.75) is 25.8 Å². The monoisotopic (exact) mass is 477 g/mol. The lowest BCUT2D eigenvalue weighted by Gasteiger charge is -2.29. The van der Waals surface area contributed by atoms with E-state index in [1.54, 1.807) is 24.2 Å². The van der Waals surface area contributed by atoms with E-state index in [0.717, 1.165) is 23.2 Å². The van der Waals surface area contributed by atoms with Crippen LogP contribution in [0, 0.1) is 6.92 Å². The van der Waals surface area contributed by atoms with Gasteiger partial charge < -0.3 is 15.0 Å². The summed E-state index contributed by atoms with van der Waals surface area (Å²) in [6.45, 7) is 2.50. The molecule has 5 rings (SSSR count). The molecule has 1 fully saturated rings. The summed E-state index contributed by atoms with van der Waals surface area (Å²) >= 11 is 6.78. The highest BCUT2D eigenvalue weighted by Gasteiger charge is 2.27. The molecule has 0 radical (unpaired) electrons. The summed E-state index contributed by atoms with van der Waals surface area (Å²) in [5, 5.41) is 7.75. The Hall–Kier alpha value is -3.72. The van der Waals surface area contributed by atoms with Gasteiger partial charge in [0.05, 0.1) is 30.9 Å². The Bertz CT molecular complexity index is 1390. The first-order valence-electron chi connectivity index (χ1n) is 11.0. The number of amides is 1. The molecular formula is C24H24ClN7O2. The second-order valence-corrected chi connectivity index (χ2v) is 8.71. The molecule has 0 spiro atoms. The van der Waals surface area contributed by atoms with E-state index in [4.69, 9.17) is 26.3 Å². The fourth-order valence-electron chi connectivity index (χ4n) is 4.20. The molecule has 1 unspecified atom stereocenters. The molecular weight excluding hydrogens is 454 g/mol. The van der Waals surface area contributed by atoms with E-state index in [2.05, 4.69) is 15.4 Å². The maximum Gasteiger partial charge on any atom is 0.220 e. The number of ether oxygens (including phenoxy) is 1. The first kappa shape index (κ1) is 22.1. The second-order valence-electron chi connectivity index (χ2n) is 8.33. The van der Waals surface area contributed by atoms with E-state index >= 15 is 0 Å². The van der Waals surface area contributed by atoms with Gasteiger partial charge >= 0.3 is 0 Å². The van der Waals surface area contributed by atoms with Gasteiger partial charge in [-0.3, -0.25) is 14.5 Å². The highest BCUT2D eigenvalue weighted by molar-refractivity contribution is 6.35. The number of benzene rings is 1. The molecule has 1 aromatic carbocycles. The fourth-order valence-corrected chi connectivity index (χ4v) is 4.59. The number of hydrogen-bond donors (Lipinski definition) is 1. The summed E-state index contributed by atoms with van der Waals surface area (Å²) in [6.07, 6.45) is 6.60. The molecule has 174 valence electrons. The third-order valence-electron chi connectivity index (χ3n) is 5.93. The highest BCUT2D eigenvalue weighted by atomic mass is 35.5. The minimum atomic E-state index is -0.0283. The van der Waals surface area contributed by atoms with E-state index in [1.165, 1.54) is 0 Å². The molecule has 3 aromatic heterocycles. The molecule has 9 nitrogen and oxygen atoms in total. The van der Waals surface area contributed by atoms with E-state index in [0.29, 0.717) is 46.4 Å². The maximum absolute atomic E-state index is 11.9. The minimum absolute atomic E-state index is 0.0283. The first-order chi connectivity index (χ1) is 16.4. The molecule has 0 bridgehead atoms. The Kier molecular flexibility index (Phi) is 5.79. The largest absolute Gasteiger partial charge is 0.495 e. The van der Waals surface area contributed by atoms with Crippen molar-refractivity contribution in [2.75, 3.05) is 18.6 Å². The molecule has 4 heterocycles. The van der Waals surface area contributed by atoms with Crippen molar-refractivity contribution in [1.82, 2.24) is 30.0 Å². The summed E-state index contributed by atoms with van der Waals surface area (Å²) in [4.78, 5) is 28.0. The van der Waals surface area contributed by atoms with Gasteiger partial charge in [0.25, 0.3) is 0 Å². The van der Waals surface area contributed by atoms with E-state index in [-0.39, 0.29) is 11.9 Å². The lowest BCUT2D eigenvalue weighted by atomic mass is 10.1. The summed E-state index contributed by atoms with van der Waals surface area (Å²) in [5.41, 5.74) is 4.49. The topological polar surface area (TPSA) is 98.1 Å². The van der Waals surface area contributed by atoms with E-state index in [9.17, 15) is 4.79 Å². The van der Waals surface area contributed by atoms with Gasteiger partial charge in [0.15, 0.2) is 5.65 Å². The maximum atomic E-state index is 11.9. The number of aromatic nitrogens is 5. The minimum Gasteiger partial charge on any atom is -0.495 e. The zero-order valence-corrected chi connectivity index (χ0v) is 19.9. The molecule has 1 aliphatic rings. The molecule has 10 heteroatoms. The Morgan fingerprint density at radius 1 is 1.24 bits per heavy atom. The Labute approximate surface area is 201 Å². The molecule has 1 atom stereocenters. The van der Waals surface area contributed by atoms with Crippen LogP contribution < -0.4 is 15.0 Å². The number of anilines is 2. The molecule has 1 amide bonds. The molecule has 4 aromatic rings. The number of rotatable bonds is 6. The zero-order chi connectivity index (χ0) is 23.8. The van der Waals surface area contributed by atoms with Crippen molar-refractivity contribution in [3.05, 3.63) is 53.4 Å². The van der Waals surface area contributed by atoms with Crippen LogP contribution in [-0.2, 0) is 11.8 Å². The zero-order valence-electron chi connectivity index (χ0n) is 19.1. The predicted octanol–water partition coefficient (Wildman–Crippen LogP) is 3.81. The van der Waals surface area contributed by atoms with Crippen molar-refractivity contribution in [1.29, 1.82) is 0 Å². The molecule has 0 aliphatic carbocycles. The van der Waals surface area contributed by atoms with Crippen molar-refractivity contribution >= 4 is 40.2 Å². The Morgan fingerprint density at radius 2 is 2.09 bits per heavy atom. The van der Waals surface area contributed by atoms with Gasteiger partial charge in [0.2, 0.25) is 5.91 Å². The predicted molar refractivity (Wildman–Crippen MR) is 130 cm³/mol. The fraction of sp³-hybridized carbons (Fsp3) is 0.292. The average molecular weight is 478 g/mol. The highest BCUT2D eigenvalue weighted by Crippen LogP contribution is 2.40. The standard InChI is InChI=1S/C24H24ClN7O2/c1-14-4-7-19(34-3)22(25)23(14)32(13-16-5-9-21(33)28-16)20-8-6-17-24(30-20)29-18(11-26-17)15-10-27-31(2)12-15/h4,6-8,10-12,16H,5,9,13H2,1-3H3,(H,28,33). The number of halogens is 1. The van der Waals surface area contributed by atoms with Gasteiger partial charge in [0, 0.05) is 37.8 Å². The third kappa shape index (κ3) is 4.14. The third-order valence-corrected chi connectivity index (χ3v) is 6.29. The van der Waals surface area contributed by atoms with Gasteiger partial charge in [0.1, 0.15) is 22.1 Å². The second kappa shape index (κ2) is 8.90. The van der Waals surface area contributed by atoms with Gasteiger partial charge in [-0.1, -0.05) is 17.7 Å². The lowest BCUT2D eigenvalue weighted by Crippen LogP contribution is -2.37. The van der Waals surface area contributed by atoms with Crippen molar-refractivity contribution in [3.8, 4) is 17.0 Å². The smallest absolute Gasteiger partial charge is 0.220 e. The van der Waals surface area contributed by atoms with Gasteiger partial charge in [-0.25, -0.2) is 9.97 Å². The molecule has 0 saturated carbocycles. The number of fused-ring (bicyclic) bond motifs is 1. The van der Waals surface area contributed by atoms with Crippen molar-refractivity contribution in [2.24, 2.45) is 7.05 Å². The van der Waals surface area contributed by atoms with Gasteiger partial charge in [-0.15, -0.1) is 0 Å². The SMILES string of the molecule is COc1ccc(C)c(N(CC2CCC(=O)N2)c2ccc3ncc(-c4cnn(C)c4)nc3n2)c1Cl. The van der Waals surface area contributed by atoms with Crippen LogP contribution in [0.25, 0.3) is 22.4 Å². The number of carbonyl (C=O) groups excluding carboxylic acids is 1. The lowest BCUT2D eigenvalue weighted by molar-refractivity contribution is -0.119. The molecule has 1 saturated heterocycles. The van der Waals surface area contributed by atoms with Crippen LogP contribution in [0.2, 0.25) is 5.02 Å². The van der Waals surface area contributed by atoms with Crippen LogP contribution >= 0.6 is 11.6 Å². The average Bonchev–Trinajstić information content (AvgIpc) is 3.45. The number of nitrogens with zero attached hydrogens (tertiary/aromatic N) is 6. The number of methoxy groups -OCH3 is 1. The van der Waals surface area contributed by atoms with Crippen LogP contribution in [0.15, 0.2) is 42.9 Å². The van der Waals surface area contributed by atoms with Crippen LogP contribution in [0.5, 0.6) is 5.75 Å². The van der Waals surface area contributed by atoms with Crippen LogP contribution in [-0.4, -0.2) is 50.3 Å². The van der Waals surface area contributed by atoms with Crippen molar-refractivity contribution < 1.29 is 9.53 Å². The summed E-state index contributed by atoms with van der Waals surface area (Å²) < 4.78 is 7.19. The Morgan fingerprint density at radius 3 is 2.79 bits per heavy atom. The quantitative estimate of drug-likeness (QED) is 0.451. The normalized spacial score (nSPS) is 15.5. The number of pyridine rings is 1. The number of nitrogens with one attached hydrogen (secondary N) is 1. The van der Waals surface area contributed by atoms with E-state index in [1.807, 2.05) is 49.3 Å². The van der Waals surface area contributed by atoms with Gasteiger partial charge in [-0.05, 0) is 37.1 Å². The summed E-state index contributed by atoms with van der Waals surface area (Å²) in [6, 6.07) is 7.56. The van der Waals surface area contributed by atoms with Gasteiger partial charge in [-0.2, -0.15) is 5.10 Å². The molecule has 34 heavy (non-hydrogen) atoms. The number of hydrogen-bond acceptors (Lipinski definition) is 7. The number of aryl methyl sites for hydroxylation is 2. The van der Waals surface area contributed by atoms with Crippen LogP contribution in [0.4, 0.5) is 11.5 Å². The van der Waals surface area contributed by atoms with Crippen LogP contribution in [0.1, 0.15) is 18.4 Å². The number of carbonyl (C=O) groups is 1. The molecule has 1 N–H and O–H groups in total. The van der Waals surface area contributed by atoms with Crippen molar-refractivity contribution in [3.63, 3.8) is 0 Å².